The monoisotopic (exact) mass is 196 g/mol. The molecule has 0 saturated carbocycles. The Balaban J connectivity index is 3.95. The molecule has 0 fully saturated rings. The second-order valence-electron chi connectivity index (χ2n) is 1.94. The van der Waals surface area contributed by atoms with E-state index in [0.29, 0.717) is 0 Å². The molecule has 0 spiro atoms. The molecular formula is C6H12O5S. The summed E-state index contributed by atoms with van der Waals surface area (Å²) in [6.07, 6.45) is 0.0930. The molecule has 0 radical (unpaired) electrons. The summed E-state index contributed by atoms with van der Waals surface area (Å²) >= 11 is 0. The van der Waals surface area contributed by atoms with Crippen LogP contribution < -0.4 is 0 Å². The van der Waals surface area contributed by atoms with Crippen molar-refractivity contribution in [2.24, 2.45) is 0 Å². The van der Waals surface area contributed by atoms with Gasteiger partial charge in [0.2, 0.25) is 0 Å². The predicted octanol–water partition coefficient (Wildman–Crippen LogP) is 0.179. The molecule has 0 aromatic carbocycles. The molecule has 0 saturated heterocycles. The quantitative estimate of drug-likeness (QED) is 0.484. The number of rotatable bonds is 6. The van der Waals surface area contributed by atoms with Crippen molar-refractivity contribution in [3.05, 3.63) is 12.7 Å². The van der Waals surface area contributed by atoms with Gasteiger partial charge in [0.15, 0.2) is 6.29 Å². The molecule has 0 heterocycles. The van der Waals surface area contributed by atoms with Crippen LogP contribution in [0.3, 0.4) is 0 Å². The van der Waals surface area contributed by atoms with Crippen molar-refractivity contribution in [3.63, 3.8) is 0 Å². The van der Waals surface area contributed by atoms with E-state index in [-0.39, 0.29) is 13.0 Å². The van der Waals surface area contributed by atoms with Crippen LogP contribution in [0.25, 0.3) is 0 Å². The second-order valence-corrected chi connectivity index (χ2v) is 3.19. The lowest BCUT2D eigenvalue weighted by Crippen LogP contribution is -2.19. The van der Waals surface area contributed by atoms with Crippen LogP contribution in [0.5, 0.6) is 0 Å². The van der Waals surface area contributed by atoms with Gasteiger partial charge in [-0.15, -0.1) is 6.58 Å². The molecular weight excluding hydrogens is 184 g/mol. The van der Waals surface area contributed by atoms with Crippen molar-refractivity contribution in [2.75, 3.05) is 6.61 Å². The Kier molecular flexibility index (Phi) is 5.07. The summed E-state index contributed by atoms with van der Waals surface area (Å²) in [6.45, 7) is 4.66. The topological polar surface area (TPSA) is 72.8 Å². The fraction of sp³-hybridized carbons (Fsp3) is 0.667. The Labute approximate surface area is 71.9 Å². The van der Waals surface area contributed by atoms with Gasteiger partial charge in [-0.2, -0.15) is 8.42 Å². The highest BCUT2D eigenvalue weighted by molar-refractivity contribution is 7.81. The maximum Gasteiger partial charge on any atom is 0.402 e. The highest BCUT2D eigenvalue weighted by Gasteiger charge is 2.15. The molecule has 1 atom stereocenters. The largest absolute Gasteiger partial charge is 0.402 e. The Morgan fingerprint density at radius 1 is 1.67 bits per heavy atom. The highest BCUT2D eigenvalue weighted by Crippen LogP contribution is 2.02. The Morgan fingerprint density at radius 3 is 2.67 bits per heavy atom. The van der Waals surface area contributed by atoms with Crippen LogP contribution in [0.15, 0.2) is 12.7 Å². The SMILES string of the molecule is C=CCOS(=O)(=O)OC(O)CC. The first-order valence-corrected chi connectivity index (χ1v) is 4.71. The molecule has 0 aromatic heterocycles. The van der Waals surface area contributed by atoms with Gasteiger partial charge in [-0.05, 0) is 6.42 Å². The number of aliphatic hydroxyl groups is 1. The van der Waals surface area contributed by atoms with E-state index >= 15 is 0 Å². The van der Waals surface area contributed by atoms with Crippen LogP contribution in [0.4, 0.5) is 0 Å². The second kappa shape index (κ2) is 5.26. The summed E-state index contributed by atoms with van der Waals surface area (Å²) < 4.78 is 29.8. The zero-order chi connectivity index (χ0) is 9.61. The average Bonchev–Trinajstić information content (AvgIpc) is 2.00. The average molecular weight is 196 g/mol. The Morgan fingerprint density at radius 2 is 2.25 bits per heavy atom. The summed E-state index contributed by atoms with van der Waals surface area (Å²) in [7, 11) is -4.08. The van der Waals surface area contributed by atoms with Gasteiger partial charge in [0, 0.05) is 0 Å². The maximum absolute atomic E-state index is 10.7. The molecule has 0 rings (SSSR count). The van der Waals surface area contributed by atoms with Gasteiger partial charge in [0.05, 0.1) is 6.61 Å². The number of aliphatic hydroxyl groups excluding tert-OH is 1. The van der Waals surface area contributed by atoms with Crippen molar-refractivity contribution >= 4 is 10.4 Å². The van der Waals surface area contributed by atoms with Crippen LogP contribution in [-0.4, -0.2) is 26.4 Å². The standard InChI is InChI=1S/C6H12O5S/c1-3-5-10-12(8,9)11-6(7)4-2/h3,6-7H,1,4-5H2,2H3. The van der Waals surface area contributed by atoms with E-state index < -0.39 is 16.7 Å². The van der Waals surface area contributed by atoms with Gasteiger partial charge in [0.1, 0.15) is 0 Å². The van der Waals surface area contributed by atoms with Crippen molar-refractivity contribution in [2.45, 2.75) is 19.6 Å². The molecule has 12 heavy (non-hydrogen) atoms. The van der Waals surface area contributed by atoms with Crippen LogP contribution in [0.2, 0.25) is 0 Å². The molecule has 0 aliphatic heterocycles. The van der Waals surface area contributed by atoms with E-state index in [1.165, 1.54) is 6.08 Å². The van der Waals surface area contributed by atoms with E-state index in [0.717, 1.165) is 0 Å². The molecule has 0 aliphatic carbocycles. The lowest BCUT2D eigenvalue weighted by Gasteiger charge is -2.07. The lowest BCUT2D eigenvalue weighted by atomic mass is 10.5. The third kappa shape index (κ3) is 5.25. The van der Waals surface area contributed by atoms with Gasteiger partial charge in [-0.1, -0.05) is 13.0 Å². The summed E-state index contributed by atoms with van der Waals surface area (Å²) in [5.74, 6) is 0. The van der Waals surface area contributed by atoms with E-state index in [9.17, 15) is 8.42 Å². The summed E-state index contributed by atoms with van der Waals surface area (Å²) in [6, 6.07) is 0. The van der Waals surface area contributed by atoms with Gasteiger partial charge >= 0.3 is 10.4 Å². The van der Waals surface area contributed by atoms with Crippen LogP contribution >= 0.6 is 0 Å². The first-order chi connectivity index (χ1) is 5.52. The normalized spacial score (nSPS) is 14.2. The van der Waals surface area contributed by atoms with Crippen molar-refractivity contribution in [1.82, 2.24) is 0 Å². The highest BCUT2D eigenvalue weighted by atomic mass is 32.3. The van der Waals surface area contributed by atoms with E-state index in [1.807, 2.05) is 0 Å². The van der Waals surface area contributed by atoms with Crippen LogP contribution in [-0.2, 0) is 18.8 Å². The molecule has 1 N–H and O–H groups in total. The first kappa shape index (κ1) is 11.6. The summed E-state index contributed by atoms with van der Waals surface area (Å²) in [4.78, 5) is 0. The minimum absolute atomic E-state index is 0.168. The molecule has 0 bridgehead atoms. The van der Waals surface area contributed by atoms with Crippen molar-refractivity contribution in [1.29, 1.82) is 0 Å². The molecule has 0 aromatic rings. The molecule has 5 nitrogen and oxygen atoms in total. The fourth-order valence-electron chi connectivity index (χ4n) is 0.363. The maximum atomic E-state index is 10.7. The minimum atomic E-state index is -4.08. The van der Waals surface area contributed by atoms with Gasteiger partial charge in [-0.3, -0.25) is 0 Å². The van der Waals surface area contributed by atoms with Crippen LogP contribution in [0, 0.1) is 0 Å². The molecule has 1 unspecified atom stereocenters. The molecule has 0 aliphatic rings. The zero-order valence-electron chi connectivity index (χ0n) is 6.76. The van der Waals surface area contributed by atoms with E-state index in [2.05, 4.69) is 14.9 Å². The fourth-order valence-corrected chi connectivity index (χ4v) is 1.09. The Bertz CT molecular complexity index is 220. The smallest absolute Gasteiger partial charge is 0.367 e. The summed E-state index contributed by atoms with van der Waals surface area (Å²) in [5, 5.41) is 8.79. The van der Waals surface area contributed by atoms with Gasteiger partial charge in [0.25, 0.3) is 0 Å². The lowest BCUT2D eigenvalue weighted by molar-refractivity contribution is -0.0244. The minimum Gasteiger partial charge on any atom is -0.367 e. The van der Waals surface area contributed by atoms with E-state index in [1.54, 1.807) is 6.92 Å². The molecule has 0 amide bonds. The van der Waals surface area contributed by atoms with Gasteiger partial charge in [-0.25, -0.2) is 8.37 Å². The van der Waals surface area contributed by atoms with Crippen molar-refractivity contribution < 1.29 is 21.9 Å². The third-order valence-electron chi connectivity index (χ3n) is 0.908. The number of hydrogen-bond acceptors (Lipinski definition) is 5. The zero-order valence-corrected chi connectivity index (χ0v) is 7.58. The summed E-state index contributed by atoms with van der Waals surface area (Å²) in [5.41, 5.74) is 0. The van der Waals surface area contributed by atoms with E-state index in [4.69, 9.17) is 5.11 Å². The number of hydrogen-bond donors (Lipinski definition) is 1. The van der Waals surface area contributed by atoms with Crippen LogP contribution in [0.1, 0.15) is 13.3 Å². The third-order valence-corrected chi connectivity index (χ3v) is 1.79. The predicted molar refractivity (Wildman–Crippen MR) is 42.5 cm³/mol. The molecule has 6 heteroatoms. The first-order valence-electron chi connectivity index (χ1n) is 3.38. The Hall–Kier alpha value is -0.430. The van der Waals surface area contributed by atoms with Crippen molar-refractivity contribution in [3.8, 4) is 0 Å². The molecule has 72 valence electrons. The van der Waals surface area contributed by atoms with Gasteiger partial charge < -0.3 is 5.11 Å².